The highest BCUT2D eigenvalue weighted by Crippen LogP contribution is 2.08. The number of nitrogen functional groups attached to an aromatic ring is 1. The van der Waals surface area contributed by atoms with Crippen molar-refractivity contribution in [2.75, 3.05) is 5.73 Å². The molecule has 1 heterocycles. The van der Waals surface area contributed by atoms with Crippen molar-refractivity contribution in [3.63, 3.8) is 0 Å². The predicted octanol–water partition coefficient (Wildman–Crippen LogP) is 1.52. The Labute approximate surface area is 72.2 Å². The molecule has 2 N–H and O–H groups in total. The average Bonchev–Trinajstić information content (AvgIpc) is 2.31. The number of anilines is 1. The van der Waals surface area contributed by atoms with Crippen LogP contribution in [0.2, 0.25) is 0 Å². The molecule has 0 aliphatic heterocycles. The summed E-state index contributed by atoms with van der Waals surface area (Å²) in [6.45, 7) is 9.93. The van der Waals surface area contributed by atoms with Crippen molar-refractivity contribution in [1.29, 1.82) is 0 Å². The van der Waals surface area contributed by atoms with Crippen LogP contribution in [0.3, 0.4) is 0 Å². The fourth-order valence-electron chi connectivity index (χ4n) is 0.887. The van der Waals surface area contributed by atoms with Crippen molar-refractivity contribution in [3.8, 4) is 0 Å². The summed E-state index contributed by atoms with van der Waals surface area (Å²) >= 11 is 0. The predicted molar refractivity (Wildman–Crippen MR) is 50.7 cm³/mol. The van der Waals surface area contributed by atoms with Crippen molar-refractivity contribution in [1.82, 2.24) is 9.78 Å². The molecule has 0 bridgehead atoms. The molecule has 3 nitrogen and oxygen atoms in total. The minimum Gasteiger partial charge on any atom is -0.396 e. The van der Waals surface area contributed by atoms with Crippen molar-refractivity contribution in [3.05, 3.63) is 36.7 Å². The van der Waals surface area contributed by atoms with E-state index in [0.29, 0.717) is 12.2 Å². The van der Waals surface area contributed by atoms with E-state index in [9.17, 15) is 0 Å². The number of nitrogens with zero attached hydrogens (tertiary/aromatic N) is 2. The Kier molecular flexibility index (Phi) is 2.33. The zero-order chi connectivity index (χ0) is 9.14. The van der Waals surface area contributed by atoms with E-state index in [0.717, 1.165) is 11.3 Å². The van der Waals surface area contributed by atoms with Crippen LogP contribution in [0.25, 0.3) is 0 Å². The number of aryl methyl sites for hydroxylation is 1. The van der Waals surface area contributed by atoms with Gasteiger partial charge in [-0.3, -0.25) is 4.68 Å². The van der Waals surface area contributed by atoms with Gasteiger partial charge in [-0.1, -0.05) is 19.2 Å². The quantitative estimate of drug-likeness (QED) is 0.686. The summed E-state index contributed by atoms with van der Waals surface area (Å²) in [5.74, 6) is 0. The number of hydrogen-bond acceptors (Lipinski definition) is 2. The molecular weight excluding hydrogens is 150 g/mol. The second kappa shape index (κ2) is 3.26. The minimum absolute atomic E-state index is 0.654. The van der Waals surface area contributed by atoms with Crippen LogP contribution in [0.1, 0.15) is 5.69 Å². The Bertz CT molecular complexity index is 290. The third kappa shape index (κ3) is 1.75. The van der Waals surface area contributed by atoms with Crippen LogP contribution in [0.4, 0.5) is 5.69 Å². The topological polar surface area (TPSA) is 43.8 Å². The summed E-state index contributed by atoms with van der Waals surface area (Å²) in [7, 11) is 0. The lowest BCUT2D eigenvalue weighted by Crippen LogP contribution is -1.99. The standard InChI is InChI=1S/C9H13N3/c1-4-7(2)5-12-6-9(10)8(3)11-12/h4,6H,1-2,5,10H2,3H3. The van der Waals surface area contributed by atoms with Gasteiger partial charge in [-0.15, -0.1) is 0 Å². The van der Waals surface area contributed by atoms with Crippen LogP contribution >= 0.6 is 0 Å². The van der Waals surface area contributed by atoms with Crippen molar-refractivity contribution >= 4 is 5.69 Å². The maximum absolute atomic E-state index is 5.62. The van der Waals surface area contributed by atoms with Gasteiger partial charge in [0.2, 0.25) is 0 Å². The van der Waals surface area contributed by atoms with Gasteiger partial charge in [-0.25, -0.2) is 0 Å². The minimum atomic E-state index is 0.654. The fourth-order valence-corrected chi connectivity index (χ4v) is 0.887. The van der Waals surface area contributed by atoms with E-state index in [1.807, 2.05) is 6.92 Å². The average molecular weight is 163 g/mol. The van der Waals surface area contributed by atoms with Crippen LogP contribution in [0, 0.1) is 6.92 Å². The zero-order valence-electron chi connectivity index (χ0n) is 7.25. The Morgan fingerprint density at radius 2 is 2.50 bits per heavy atom. The van der Waals surface area contributed by atoms with Gasteiger partial charge in [0, 0.05) is 6.20 Å². The summed E-state index contributed by atoms with van der Waals surface area (Å²) in [5.41, 5.74) is 8.12. The lowest BCUT2D eigenvalue weighted by Gasteiger charge is -1.98. The molecule has 0 saturated heterocycles. The highest BCUT2D eigenvalue weighted by molar-refractivity contribution is 5.39. The van der Waals surface area contributed by atoms with E-state index in [2.05, 4.69) is 18.3 Å². The number of hydrogen-bond donors (Lipinski definition) is 1. The van der Waals surface area contributed by atoms with Gasteiger partial charge in [0.1, 0.15) is 0 Å². The van der Waals surface area contributed by atoms with Gasteiger partial charge in [0.25, 0.3) is 0 Å². The molecule has 0 saturated carbocycles. The first kappa shape index (κ1) is 8.59. The van der Waals surface area contributed by atoms with E-state index in [1.165, 1.54) is 0 Å². The summed E-state index contributed by atoms with van der Waals surface area (Å²) in [6.07, 6.45) is 3.51. The highest BCUT2D eigenvalue weighted by Gasteiger charge is 1.99. The molecule has 0 aliphatic rings. The van der Waals surface area contributed by atoms with Crippen LogP contribution in [0.15, 0.2) is 31.0 Å². The molecule has 1 aromatic rings. The molecule has 0 atom stereocenters. The number of allylic oxidation sites excluding steroid dienone is 2. The molecule has 0 aliphatic carbocycles. The number of rotatable bonds is 3. The van der Waals surface area contributed by atoms with Gasteiger partial charge in [-0.2, -0.15) is 5.10 Å². The molecule has 64 valence electrons. The Balaban J connectivity index is 2.76. The molecule has 0 spiro atoms. The van der Waals surface area contributed by atoms with Crippen molar-refractivity contribution in [2.45, 2.75) is 13.5 Å². The van der Waals surface area contributed by atoms with E-state index in [4.69, 9.17) is 5.73 Å². The third-order valence-electron chi connectivity index (χ3n) is 1.64. The molecule has 3 heteroatoms. The first-order chi connectivity index (χ1) is 5.63. The van der Waals surface area contributed by atoms with Crippen molar-refractivity contribution < 1.29 is 0 Å². The normalized spacial score (nSPS) is 9.75. The molecule has 12 heavy (non-hydrogen) atoms. The fraction of sp³-hybridized carbons (Fsp3) is 0.222. The van der Waals surface area contributed by atoms with E-state index < -0.39 is 0 Å². The zero-order valence-corrected chi connectivity index (χ0v) is 7.25. The second-order valence-corrected chi connectivity index (χ2v) is 2.73. The first-order valence-corrected chi connectivity index (χ1v) is 3.73. The van der Waals surface area contributed by atoms with Gasteiger partial charge in [0.05, 0.1) is 17.9 Å². The maximum atomic E-state index is 5.62. The first-order valence-electron chi connectivity index (χ1n) is 3.73. The summed E-state index contributed by atoms with van der Waals surface area (Å²) in [5, 5.41) is 4.18. The van der Waals surface area contributed by atoms with Gasteiger partial charge in [-0.05, 0) is 12.5 Å². The number of aromatic nitrogens is 2. The molecular formula is C9H13N3. The molecule has 1 aromatic heterocycles. The Morgan fingerprint density at radius 1 is 1.83 bits per heavy atom. The SMILES string of the molecule is C=CC(=C)Cn1cc(N)c(C)n1. The van der Waals surface area contributed by atoms with Crippen LogP contribution in [-0.2, 0) is 6.54 Å². The van der Waals surface area contributed by atoms with E-state index >= 15 is 0 Å². The molecule has 0 amide bonds. The van der Waals surface area contributed by atoms with Gasteiger partial charge >= 0.3 is 0 Å². The van der Waals surface area contributed by atoms with Crippen LogP contribution < -0.4 is 5.73 Å². The monoisotopic (exact) mass is 163 g/mol. The largest absolute Gasteiger partial charge is 0.396 e. The summed E-state index contributed by atoms with van der Waals surface area (Å²) in [4.78, 5) is 0. The summed E-state index contributed by atoms with van der Waals surface area (Å²) in [6, 6.07) is 0. The smallest absolute Gasteiger partial charge is 0.0823 e. The summed E-state index contributed by atoms with van der Waals surface area (Å²) < 4.78 is 1.76. The number of nitrogens with two attached hydrogens (primary N) is 1. The maximum Gasteiger partial charge on any atom is 0.0823 e. The van der Waals surface area contributed by atoms with E-state index in [1.54, 1.807) is 17.0 Å². The second-order valence-electron chi connectivity index (χ2n) is 2.73. The van der Waals surface area contributed by atoms with Crippen LogP contribution in [0.5, 0.6) is 0 Å². The lowest BCUT2D eigenvalue weighted by atomic mass is 10.3. The molecule has 0 aromatic carbocycles. The Morgan fingerprint density at radius 3 is 2.92 bits per heavy atom. The molecule has 0 radical (unpaired) electrons. The van der Waals surface area contributed by atoms with Crippen molar-refractivity contribution in [2.24, 2.45) is 0 Å². The van der Waals surface area contributed by atoms with E-state index in [-0.39, 0.29) is 0 Å². The van der Waals surface area contributed by atoms with Crippen LogP contribution in [-0.4, -0.2) is 9.78 Å². The third-order valence-corrected chi connectivity index (χ3v) is 1.64. The molecule has 0 fully saturated rings. The van der Waals surface area contributed by atoms with Gasteiger partial charge < -0.3 is 5.73 Å². The molecule has 0 unspecified atom stereocenters. The Hall–Kier alpha value is -1.51. The lowest BCUT2D eigenvalue weighted by molar-refractivity contribution is 0.680. The molecule has 1 rings (SSSR count). The highest BCUT2D eigenvalue weighted by atomic mass is 15.3. The van der Waals surface area contributed by atoms with Gasteiger partial charge in [0.15, 0.2) is 0 Å².